The molecule has 0 aliphatic carbocycles. The third kappa shape index (κ3) is 1.72. The Hall–Kier alpha value is -1.79. The number of halogens is 3. The van der Waals surface area contributed by atoms with Gasteiger partial charge in [0.05, 0.1) is 0 Å². The average molecular weight is 217 g/mol. The largest absolute Gasteiger partial charge is 0.450 e. The number of fused-ring (bicyclic) bond motifs is 1. The van der Waals surface area contributed by atoms with Crippen molar-refractivity contribution in [3.05, 3.63) is 17.9 Å². The topological polar surface area (TPSA) is 51.0 Å². The van der Waals surface area contributed by atoms with Gasteiger partial charge in [0.25, 0.3) is 0 Å². The van der Waals surface area contributed by atoms with Gasteiger partial charge in [-0.1, -0.05) is 0 Å². The molecule has 2 aromatic rings. The Balaban J connectivity index is 2.56. The molecule has 2 rings (SSSR count). The number of alkyl halides is 3. The standard InChI is InChI=1S/C8H6F3N3O/c1-12-7-3-5-4(13-14-7)2-6(15-5)8(9,10)11/h2-3H,1H3,(H,12,14). The smallest absolute Gasteiger partial charge is 0.449 e. The van der Waals surface area contributed by atoms with E-state index >= 15 is 0 Å². The molecule has 15 heavy (non-hydrogen) atoms. The minimum Gasteiger partial charge on any atom is -0.450 e. The van der Waals surface area contributed by atoms with Gasteiger partial charge in [-0.3, -0.25) is 0 Å². The molecule has 0 spiro atoms. The van der Waals surface area contributed by atoms with Crippen LogP contribution in [-0.2, 0) is 6.18 Å². The van der Waals surface area contributed by atoms with E-state index in [0.29, 0.717) is 5.82 Å². The summed E-state index contributed by atoms with van der Waals surface area (Å²) < 4.78 is 41.4. The zero-order chi connectivity index (χ0) is 11.1. The molecule has 1 N–H and O–H groups in total. The van der Waals surface area contributed by atoms with Crippen molar-refractivity contribution in [1.82, 2.24) is 10.2 Å². The van der Waals surface area contributed by atoms with E-state index in [0.717, 1.165) is 6.07 Å². The van der Waals surface area contributed by atoms with Gasteiger partial charge in [-0.15, -0.1) is 10.2 Å². The van der Waals surface area contributed by atoms with E-state index < -0.39 is 11.9 Å². The molecular weight excluding hydrogens is 211 g/mol. The lowest BCUT2D eigenvalue weighted by Gasteiger charge is -1.99. The van der Waals surface area contributed by atoms with Crippen LogP contribution in [0.2, 0.25) is 0 Å². The van der Waals surface area contributed by atoms with Crippen molar-refractivity contribution in [1.29, 1.82) is 0 Å². The summed E-state index contributed by atoms with van der Waals surface area (Å²) in [5, 5.41) is 9.86. The lowest BCUT2D eigenvalue weighted by molar-refractivity contribution is -0.152. The molecule has 0 bridgehead atoms. The second kappa shape index (κ2) is 3.11. The highest BCUT2D eigenvalue weighted by Gasteiger charge is 2.35. The van der Waals surface area contributed by atoms with E-state index in [1.165, 1.54) is 6.07 Å². The van der Waals surface area contributed by atoms with Gasteiger partial charge in [0.15, 0.2) is 11.4 Å². The number of rotatable bonds is 1. The Bertz CT molecular complexity index is 491. The van der Waals surface area contributed by atoms with Gasteiger partial charge in [-0.05, 0) is 0 Å². The van der Waals surface area contributed by atoms with E-state index in [9.17, 15) is 13.2 Å². The summed E-state index contributed by atoms with van der Waals surface area (Å²) in [4.78, 5) is 0. The first-order chi connectivity index (χ1) is 7.00. The van der Waals surface area contributed by atoms with Crippen molar-refractivity contribution < 1.29 is 17.6 Å². The lowest BCUT2D eigenvalue weighted by atomic mass is 10.4. The molecule has 0 aliphatic heterocycles. The predicted octanol–water partition coefficient (Wildman–Crippen LogP) is 2.28. The van der Waals surface area contributed by atoms with E-state index in [-0.39, 0.29) is 11.1 Å². The quantitative estimate of drug-likeness (QED) is 0.796. The van der Waals surface area contributed by atoms with Crippen molar-refractivity contribution in [3.63, 3.8) is 0 Å². The molecule has 0 amide bonds. The molecule has 80 valence electrons. The molecule has 0 fully saturated rings. The molecule has 4 nitrogen and oxygen atoms in total. The van der Waals surface area contributed by atoms with Crippen molar-refractivity contribution in [3.8, 4) is 0 Å². The summed E-state index contributed by atoms with van der Waals surface area (Å²) in [6, 6.07) is 2.18. The summed E-state index contributed by atoms with van der Waals surface area (Å²) in [7, 11) is 1.59. The Kier molecular flexibility index (Phi) is 2.02. The van der Waals surface area contributed by atoms with Crippen LogP contribution in [0.1, 0.15) is 5.76 Å². The van der Waals surface area contributed by atoms with E-state index in [1.807, 2.05) is 0 Å². The first-order valence-corrected chi connectivity index (χ1v) is 4.03. The molecule has 0 atom stereocenters. The molecule has 0 saturated heterocycles. The van der Waals surface area contributed by atoms with Crippen LogP contribution in [0.4, 0.5) is 19.0 Å². The molecule has 0 saturated carbocycles. The maximum atomic E-state index is 12.3. The summed E-state index contributed by atoms with van der Waals surface area (Å²) >= 11 is 0. The van der Waals surface area contributed by atoms with Crippen molar-refractivity contribution >= 4 is 16.9 Å². The highest BCUT2D eigenvalue weighted by Crippen LogP contribution is 2.33. The maximum absolute atomic E-state index is 12.3. The number of nitrogens with zero attached hydrogens (tertiary/aromatic N) is 2. The second-order valence-corrected chi connectivity index (χ2v) is 2.84. The third-order valence-corrected chi connectivity index (χ3v) is 1.81. The highest BCUT2D eigenvalue weighted by molar-refractivity contribution is 5.75. The average Bonchev–Trinajstić information content (AvgIpc) is 2.59. The minimum atomic E-state index is -4.50. The number of hydrogen-bond donors (Lipinski definition) is 1. The third-order valence-electron chi connectivity index (χ3n) is 1.81. The maximum Gasteiger partial charge on any atom is 0.449 e. The van der Waals surface area contributed by atoms with Gasteiger partial charge in [0, 0.05) is 19.2 Å². The molecule has 0 aliphatic rings. The van der Waals surface area contributed by atoms with Crippen LogP contribution in [0.25, 0.3) is 11.1 Å². The summed E-state index contributed by atoms with van der Waals surface area (Å²) in [6.45, 7) is 0. The first kappa shape index (κ1) is 9.75. The van der Waals surface area contributed by atoms with Gasteiger partial charge < -0.3 is 9.73 Å². The predicted molar refractivity (Wildman–Crippen MR) is 46.4 cm³/mol. The van der Waals surface area contributed by atoms with E-state index in [2.05, 4.69) is 19.9 Å². The molecule has 0 unspecified atom stereocenters. The molecule has 7 heteroatoms. The Labute approximate surface area is 82.1 Å². The normalized spacial score (nSPS) is 12.0. The number of furan rings is 1. The van der Waals surface area contributed by atoms with Crippen LogP contribution >= 0.6 is 0 Å². The molecule has 2 aromatic heterocycles. The van der Waals surface area contributed by atoms with Crippen molar-refractivity contribution in [2.24, 2.45) is 0 Å². The van der Waals surface area contributed by atoms with Gasteiger partial charge in [0.2, 0.25) is 5.76 Å². The SMILES string of the molecule is CNc1cc2oc(C(F)(F)F)cc2nn1. The zero-order valence-corrected chi connectivity index (χ0v) is 7.59. The number of hydrogen-bond acceptors (Lipinski definition) is 4. The summed E-state index contributed by atoms with van der Waals surface area (Å²) in [5.74, 6) is -0.717. The lowest BCUT2D eigenvalue weighted by Crippen LogP contribution is -2.01. The number of aromatic nitrogens is 2. The van der Waals surface area contributed by atoms with E-state index in [4.69, 9.17) is 0 Å². The molecule has 0 aromatic carbocycles. The molecule has 0 radical (unpaired) electrons. The number of anilines is 1. The van der Waals surface area contributed by atoms with Gasteiger partial charge >= 0.3 is 6.18 Å². The van der Waals surface area contributed by atoms with Gasteiger partial charge in [-0.25, -0.2) is 0 Å². The van der Waals surface area contributed by atoms with Gasteiger partial charge in [0.1, 0.15) is 5.52 Å². The Morgan fingerprint density at radius 1 is 1.27 bits per heavy atom. The molecule has 2 heterocycles. The first-order valence-electron chi connectivity index (χ1n) is 4.03. The minimum absolute atomic E-state index is 0.0571. The van der Waals surface area contributed by atoms with Crippen LogP contribution in [0.15, 0.2) is 16.5 Å². The Morgan fingerprint density at radius 3 is 2.60 bits per heavy atom. The summed E-state index contributed by atoms with van der Waals surface area (Å²) in [6.07, 6.45) is -4.50. The zero-order valence-electron chi connectivity index (χ0n) is 7.59. The van der Waals surface area contributed by atoms with Crippen LogP contribution in [0.3, 0.4) is 0 Å². The van der Waals surface area contributed by atoms with Crippen LogP contribution < -0.4 is 5.32 Å². The second-order valence-electron chi connectivity index (χ2n) is 2.84. The number of nitrogens with one attached hydrogen (secondary N) is 1. The monoisotopic (exact) mass is 217 g/mol. The highest BCUT2D eigenvalue weighted by atomic mass is 19.4. The van der Waals surface area contributed by atoms with Crippen molar-refractivity contribution in [2.75, 3.05) is 12.4 Å². The Morgan fingerprint density at radius 2 is 2.00 bits per heavy atom. The van der Waals surface area contributed by atoms with Gasteiger partial charge in [-0.2, -0.15) is 13.2 Å². The van der Waals surface area contributed by atoms with Crippen molar-refractivity contribution in [2.45, 2.75) is 6.18 Å². The summed E-state index contributed by atoms with van der Waals surface area (Å²) in [5.41, 5.74) is 0.142. The molecular formula is C8H6F3N3O. The van der Waals surface area contributed by atoms with Crippen LogP contribution in [0.5, 0.6) is 0 Å². The fraction of sp³-hybridized carbons (Fsp3) is 0.250. The van der Waals surface area contributed by atoms with Crippen LogP contribution in [0, 0.1) is 0 Å². The fourth-order valence-electron chi connectivity index (χ4n) is 1.10. The van der Waals surface area contributed by atoms with E-state index in [1.54, 1.807) is 7.05 Å². The van der Waals surface area contributed by atoms with Crippen LogP contribution in [-0.4, -0.2) is 17.2 Å². The fourth-order valence-corrected chi connectivity index (χ4v) is 1.10.